The molecule has 0 aromatic heterocycles. The summed E-state index contributed by atoms with van der Waals surface area (Å²) in [6.45, 7) is 4.68. The van der Waals surface area contributed by atoms with E-state index in [-0.39, 0.29) is 17.8 Å². The zero-order valence-electron chi connectivity index (χ0n) is 10.3. The van der Waals surface area contributed by atoms with Crippen LogP contribution in [-0.4, -0.2) is 24.2 Å². The summed E-state index contributed by atoms with van der Waals surface area (Å²) < 4.78 is 4.82. The van der Waals surface area contributed by atoms with E-state index in [1.165, 1.54) is 0 Å². The van der Waals surface area contributed by atoms with Crippen LogP contribution in [0.15, 0.2) is 24.3 Å². The molecule has 0 bridgehead atoms. The SMILES string of the molecule is CCOC(=O)CCNC(C)c1ccccc1O. The number of benzene rings is 1. The van der Waals surface area contributed by atoms with Gasteiger partial charge >= 0.3 is 5.97 Å². The molecule has 1 rings (SSSR count). The Morgan fingerprint density at radius 2 is 2.18 bits per heavy atom. The van der Waals surface area contributed by atoms with E-state index < -0.39 is 0 Å². The van der Waals surface area contributed by atoms with Crippen LogP contribution in [0, 0.1) is 0 Å². The number of para-hydroxylation sites is 1. The number of ether oxygens (including phenoxy) is 1. The van der Waals surface area contributed by atoms with Crippen LogP contribution in [0.5, 0.6) is 5.75 Å². The van der Waals surface area contributed by atoms with Crippen molar-refractivity contribution >= 4 is 5.97 Å². The molecule has 0 aliphatic rings. The van der Waals surface area contributed by atoms with Gasteiger partial charge in [-0.05, 0) is 19.9 Å². The Hall–Kier alpha value is -1.55. The average Bonchev–Trinajstić information content (AvgIpc) is 2.29. The summed E-state index contributed by atoms with van der Waals surface area (Å²) in [5, 5.41) is 12.8. The fourth-order valence-electron chi connectivity index (χ4n) is 1.59. The van der Waals surface area contributed by atoms with Gasteiger partial charge in [0.05, 0.1) is 13.0 Å². The van der Waals surface area contributed by atoms with Gasteiger partial charge in [0.2, 0.25) is 0 Å². The molecule has 1 unspecified atom stereocenters. The van der Waals surface area contributed by atoms with Crippen molar-refractivity contribution < 1.29 is 14.6 Å². The maximum absolute atomic E-state index is 11.1. The molecule has 0 aliphatic carbocycles. The number of rotatable bonds is 6. The molecular formula is C13H19NO3. The topological polar surface area (TPSA) is 58.6 Å². The number of phenolic OH excluding ortho intramolecular Hbond substituents is 1. The van der Waals surface area contributed by atoms with Crippen LogP contribution in [0.25, 0.3) is 0 Å². The summed E-state index contributed by atoms with van der Waals surface area (Å²) in [6, 6.07) is 7.17. The minimum atomic E-state index is -0.204. The number of carbonyl (C=O) groups excluding carboxylic acids is 1. The molecule has 1 atom stereocenters. The summed E-state index contributed by atoms with van der Waals surface area (Å²) in [4.78, 5) is 11.1. The van der Waals surface area contributed by atoms with Crippen molar-refractivity contribution in [1.82, 2.24) is 5.32 Å². The molecule has 1 aromatic rings. The van der Waals surface area contributed by atoms with E-state index in [2.05, 4.69) is 5.32 Å². The van der Waals surface area contributed by atoms with Crippen molar-refractivity contribution in [2.75, 3.05) is 13.2 Å². The van der Waals surface area contributed by atoms with Gasteiger partial charge in [0.25, 0.3) is 0 Å². The van der Waals surface area contributed by atoms with Crippen LogP contribution in [0.2, 0.25) is 0 Å². The lowest BCUT2D eigenvalue weighted by Gasteiger charge is -2.15. The van der Waals surface area contributed by atoms with Crippen LogP contribution in [0.1, 0.15) is 31.9 Å². The molecule has 94 valence electrons. The summed E-state index contributed by atoms with van der Waals surface area (Å²) >= 11 is 0. The summed E-state index contributed by atoms with van der Waals surface area (Å²) in [5.74, 6) is 0.0631. The van der Waals surface area contributed by atoms with Gasteiger partial charge in [-0.2, -0.15) is 0 Å². The Bertz CT molecular complexity index is 365. The van der Waals surface area contributed by atoms with Crippen molar-refractivity contribution in [3.05, 3.63) is 29.8 Å². The third kappa shape index (κ3) is 4.44. The Labute approximate surface area is 102 Å². The molecule has 0 spiro atoms. The van der Waals surface area contributed by atoms with Gasteiger partial charge in [-0.1, -0.05) is 18.2 Å². The number of nitrogens with one attached hydrogen (secondary N) is 1. The fraction of sp³-hybridized carbons (Fsp3) is 0.462. The Balaban J connectivity index is 2.38. The highest BCUT2D eigenvalue weighted by Crippen LogP contribution is 2.22. The second kappa shape index (κ2) is 6.91. The highest BCUT2D eigenvalue weighted by Gasteiger charge is 2.09. The van der Waals surface area contributed by atoms with Crippen LogP contribution in [0.4, 0.5) is 0 Å². The van der Waals surface area contributed by atoms with E-state index >= 15 is 0 Å². The lowest BCUT2D eigenvalue weighted by molar-refractivity contribution is -0.142. The fourth-order valence-corrected chi connectivity index (χ4v) is 1.59. The average molecular weight is 237 g/mol. The Kier molecular flexibility index (Phi) is 5.49. The van der Waals surface area contributed by atoms with Gasteiger partial charge in [-0.3, -0.25) is 4.79 Å². The third-order valence-corrected chi connectivity index (χ3v) is 2.49. The molecule has 0 amide bonds. The molecule has 0 radical (unpaired) electrons. The van der Waals surface area contributed by atoms with Crippen molar-refractivity contribution in [3.8, 4) is 5.75 Å². The van der Waals surface area contributed by atoms with Crippen LogP contribution in [-0.2, 0) is 9.53 Å². The number of esters is 1. The molecule has 0 saturated carbocycles. The van der Waals surface area contributed by atoms with Crippen LogP contribution in [0.3, 0.4) is 0 Å². The van der Waals surface area contributed by atoms with Gasteiger partial charge in [-0.25, -0.2) is 0 Å². The predicted octanol–water partition coefficient (Wildman–Crippen LogP) is 2.00. The minimum Gasteiger partial charge on any atom is -0.508 e. The van der Waals surface area contributed by atoms with Crippen molar-refractivity contribution in [1.29, 1.82) is 0 Å². The number of aromatic hydroxyl groups is 1. The van der Waals surface area contributed by atoms with E-state index in [0.717, 1.165) is 5.56 Å². The summed E-state index contributed by atoms with van der Waals surface area (Å²) in [6.07, 6.45) is 0.339. The molecule has 1 aromatic carbocycles. The number of phenols is 1. The number of hydrogen-bond donors (Lipinski definition) is 2. The first-order valence-corrected chi connectivity index (χ1v) is 5.82. The van der Waals surface area contributed by atoms with Crippen LogP contribution >= 0.6 is 0 Å². The molecule has 0 heterocycles. The summed E-state index contributed by atoms with van der Waals surface area (Å²) in [5.41, 5.74) is 0.830. The maximum Gasteiger partial charge on any atom is 0.307 e. The van der Waals surface area contributed by atoms with Crippen LogP contribution < -0.4 is 5.32 Å². The van der Waals surface area contributed by atoms with E-state index in [1.54, 1.807) is 19.1 Å². The maximum atomic E-state index is 11.1. The van der Waals surface area contributed by atoms with Gasteiger partial charge in [0, 0.05) is 18.2 Å². The minimum absolute atomic E-state index is 0.00521. The molecule has 2 N–H and O–H groups in total. The Morgan fingerprint density at radius 1 is 1.47 bits per heavy atom. The van der Waals surface area contributed by atoms with Crippen molar-refractivity contribution in [3.63, 3.8) is 0 Å². The van der Waals surface area contributed by atoms with Gasteiger partial charge < -0.3 is 15.2 Å². The molecule has 0 saturated heterocycles. The zero-order valence-corrected chi connectivity index (χ0v) is 10.3. The molecule has 4 nitrogen and oxygen atoms in total. The molecule has 0 aliphatic heterocycles. The third-order valence-electron chi connectivity index (χ3n) is 2.49. The van der Waals surface area contributed by atoms with E-state index in [4.69, 9.17) is 4.74 Å². The quantitative estimate of drug-likeness (QED) is 0.743. The first kappa shape index (κ1) is 13.5. The van der Waals surface area contributed by atoms with E-state index in [9.17, 15) is 9.90 Å². The highest BCUT2D eigenvalue weighted by molar-refractivity contribution is 5.69. The number of hydrogen-bond acceptors (Lipinski definition) is 4. The van der Waals surface area contributed by atoms with E-state index in [0.29, 0.717) is 19.6 Å². The lowest BCUT2D eigenvalue weighted by Crippen LogP contribution is -2.22. The highest BCUT2D eigenvalue weighted by atomic mass is 16.5. The van der Waals surface area contributed by atoms with Gasteiger partial charge in [0.1, 0.15) is 5.75 Å². The smallest absolute Gasteiger partial charge is 0.307 e. The molecular weight excluding hydrogens is 218 g/mol. The molecule has 17 heavy (non-hydrogen) atoms. The van der Waals surface area contributed by atoms with Gasteiger partial charge in [-0.15, -0.1) is 0 Å². The monoisotopic (exact) mass is 237 g/mol. The lowest BCUT2D eigenvalue weighted by atomic mass is 10.1. The number of carbonyl (C=O) groups is 1. The molecule has 0 fully saturated rings. The first-order valence-electron chi connectivity index (χ1n) is 5.82. The van der Waals surface area contributed by atoms with Crippen molar-refractivity contribution in [2.24, 2.45) is 0 Å². The largest absolute Gasteiger partial charge is 0.508 e. The van der Waals surface area contributed by atoms with Crippen molar-refractivity contribution in [2.45, 2.75) is 26.3 Å². The van der Waals surface area contributed by atoms with E-state index in [1.807, 2.05) is 19.1 Å². The predicted molar refractivity (Wildman–Crippen MR) is 65.8 cm³/mol. The van der Waals surface area contributed by atoms with Gasteiger partial charge in [0.15, 0.2) is 0 Å². The zero-order chi connectivity index (χ0) is 12.7. The second-order valence-electron chi connectivity index (χ2n) is 3.79. The first-order chi connectivity index (χ1) is 8.15. The second-order valence-corrected chi connectivity index (χ2v) is 3.79. The summed E-state index contributed by atoms with van der Waals surface area (Å²) in [7, 11) is 0. The Morgan fingerprint density at radius 3 is 2.82 bits per heavy atom. The normalized spacial score (nSPS) is 12.1. The molecule has 4 heteroatoms. The standard InChI is InChI=1S/C13H19NO3/c1-3-17-13(16)8-9-14-10(2)11-6-4-5-7-12(11)15/h4-7,10,14-15H,3,8-9H2,1-2H3.